The molecule has 2 aromatic rings. The number of amidine groups is 1. The molecule has 3 N–H and O–H groups in total. The molecule has 0 spiro atoms. The third-order valence-electron chi connectivity index (χ3n) is 3.86. The topological polar surface area (TPSA) is 90.3 Å². The average Bonchev–Trinajstić information content (AvgIpc) is 2.48. The van der Waals surface area contributed by atoms with Gasteiger partial charge in [-0.05, 0) is 35.9 Å². The van der Waals surface area contributed by atoms with Gasteiger partial charge in [0.1, 0.15) is 28.5 Å². The zero-order valence-corrected chi connectivity index (χ0v) is 13.1. The van der Waals surface area contributed by atoms with Gasteiger partial charge in [-0.3, -0.25) is 5.41 Å². The molecule has 2 atom stereocenters. The Morgan fingerprint density at radius 3 is 2.58 bits per heavy atom. The first-order chi connectivity index (χ1) is 11.3. The third-order valence-corrected chi connectivity index (χ3v) is 5.88. The van der Waals surface area contributed by atoms with E-state index >= 15 is 0 Å². The molecule has 0 aromatic heterocycles. The highest BCUT2D eigenvalue weighted by atomic mass is 32.2. The summed E-state index contributed by atoms with van der Waals surface area (Å²) in [7, 11) is -3.86. The third kappa shape index (κ3) is 2.96. The van der Waals surface area contributed by atoms with Gasteiger partial charge in [0.15, 0.2) is 9.84 Å². The van der Waals surface area contributed by atoms with Crippen LogP contribution in [0.15, 0.2) is 42.5 Å². The summed E-state index contributed by atoms with van der Waals surface area (Å²) < 4.78 is 52.5. The van der Waals surface area contributed by atoms with Gasteiger partial charge in [-0.15, -0.1) is 0 Å². The zero-order valence-electron chi connectivity index (χ0n) is 12.3. The summed E-state index contributed by atoms with van der Waals surface area (Å²) in [5.41, 5.74) is 0.100. The van der Waals surface area contributed by atoms with Gasteiger partial charge in [-0.1, -0.05) is 12.1 Å². The molecule has 2 unspecified atom stereocenters. The molecule has 3 rings (SSSR count). The number of hydrogen-bond acceptors (Lipinski definition) is 4. The summed E-state index contributed by atoms with van der Waals surface area (Å²) in [5.74, 6) is -2.38. The lowest BCUT2D eigenvalue weighted by molar-refractivity contribution is 0.474. The standard InChI is InChI=1S/C16H14F2N2O3S/c17-10-4-5-13(18)12(7-10)14-8-24(22,23)15(16(19)20-14)9-2-1-3-11(21)6-9/h1-7,14-15,21H,8H2,(H2,19,20). The molecule has 1 aliphatic rings. The predicted molar refractivity (Wildman–Crippen MR) is 84.6 cm³/mol. The summed E-state index contributed by atoms with van der Waals surface area (Å²) in [6.07, 6.45) is 0. The van der Waals surface area contributed by atoms with E-state index in [2.05, 4.69) is 5.32 Å². The number of phenols is 1. The number of benzene rings is 2. The molecule has 2 aromatic carbocycles. The Kier molecular flexibility index (Phi) is 4.00. The molecule has 0 amide bonds. The van der Waals surface area contributed by atoms with Gasteiger partial charge in [-0.2, -0.15) is 0 Å². The Labute approximate surface area is 137 Å². The molecule has 0 radical (unpaired) electrons. The fraction of sp³-hybridized carbons (Fsp3) is 0.188. The number of sulfone groups is 1. The Balaban J connectivity index is 1.99. The first kappa shape index (κ1) is 16.4. The van der Waals surface area contributed by atoms with Gasteiger partial charge in [-0.25, -0.2) is 17.2 Å². The van der Waals surface area contributed by atoms with E-state index in [1.807, 2.05) is 0 Å². The van der Waals surface area contributed by atoms with Crippen LogP contribution >= 0.6 is 0 Å². The molecule has 1 fully saturated rings. The summed E-state index contributed by atoms with van der Waals surface area (Å²) in [6.45, 7) is 0. The van der Waals surface area contributed by atoms with Crippen molar-refractivity contribution in [2.75, 3.05) is 5.75 Å². The van der Waals surface area contributed by atoms with Gasteiger partial charge in [0, 0.05) is 5.56 Å². The molecule has 126 valence electrons. The van der Waals surface area contributed by atoms with Crippen LogP contribution in [0.1, 0.15) is 22.4 Å². The first-order valence-corrected chi connectivity index (χ1v) is 8.80. The zero-order chi connectivity index (χ0) is 17.5. The van der Waals surface area contributed by atoms with Crippen molar-refractivity contribution in [2.24, 2.45) is 0 Å². The van der Waals surface area contributed by atoms with Crippen LogP contribution in [0.2, 0.25) is 0 Å². The molecular formula is C16H14F2N2O3S. The quantitative estimate of drug-likeness (QED) is 0.774. The largest absolute Gasteiger partial charge is 0.508 e. The van der Waals surface area contributed by atoms with Gasteiger partial charge in [0.25, 0.3) is 0 Å². The highest BCUT2D eigenvalue weighted by Crippen LogP contribution is 2.34. The van der Waals surface area contributed by atoms with Gasteiger partial charge in [0.2, 0.25) is 0 Å². The van der Waals surface area contributed by atoms with Crippen molar-refractivity contribution in [3.05, 3.63) is 65.2 Å². The van der Waals surface area contributed by atoms with Crippen LogP contribution in [0.25, 0.3) is 0 Å². The highest BCUT2D eigenvalue weighted by Gasteiger charge is 2.40. The van der Waals surface area contributed by atoms with Crippen molar-refractivity contribution in [3.63, 3.8) is 0 Å². The van der Waals surface area contributed by atoms with Crippen LogP contribution in [0, 0.1) is 17.0 Å². The summed E-state index contributed by atoms with van der Waals surface area (Å²) in [6, 6.07) is 7.35. The number of aromatic hydroxyl groups is 1. The Bertz CT molecular complexity index is 915. The van der Waals surface area contributed by atoms with Crippen LogP contribution in [0.4, 0.5) is 8.78 Å². The number of nitrogens with one attached hydrogen (secondary N) is 2. The van der Waals surface area contributed by atoms with E-state index in [1.165, 1.54) is 24.3 Å². The molecule has 0 saturated carbocycles. The second kappa shape index (κ2) is 5.86. The van der Waals surface area contributed by atoms with E-state index in [9.17, 15) is 22.3 Å². The van der Waals surface area contributed by atoms with Gasteiger partial charge in [0.05, 0.1) is 11.8 Å². The first-order valence-electron chi connectivity index (χ1n) is 7.08. The van der Waals surface area contributed by atoms with E-state index in [1.54, 1.807) is 0 Å². The number of rotatable bonds is 2. The SMILES string of the molecule is N=C1NC(c2cc(F)ccc2F)CS(=O)(=O)C1c1cccc(O)c1. The van der Waals surface area contributed by atoms with Crippen molar-refractivity contribution in [1.29, 1.82) is 5.41 Å². The highest BCUT2D eigenvalue weighted by molar-refractivity contribution is 7.92. The molecule has 1 heterocycles. The monoisotopic (exact) mass is 352 g/mol. The molecule has 1 saturated heterocycles. The fourth-order valence-electron chi connectivity index (χ4n) is 2.82. The van der Waals surface area contributed by atoms with Crippen molar-refractivity contribution in [1.82, 2.24) is 5.32 Å². The second-order valence-electron chi connectivity index (χ2n) is 5.58. The van der Waals surface area contributed by atoms with Crippen molar-refractivity contribution >= 4 is 15.7 Å². The lowest BCUT2D eigenvalue weighted by Gasteiger charge is -2.32. The van der Waals surface area contributed by atoms with E-state index in [-0.39, 0.29) is 22.7 Å². The van der Waals surface area contributed by atoms with Crippen LogP contribution < -0.4 is 5.32 Å². The van der Waals surface area contributed by atoms with Crippen LogP contribution in [0.3, 0.4) is 0 Å². The van der Waals surface area contributed by atoms with Gasteiger partial charge < -0.3 is 10.4 Å². The number of halogens is 2. The second-order valence-corrected chi connectivity index (χ2v) is 7.71. The lowest BCUT2D eigenvalue weighted by atomic mass is 10.1. The van der Waals surface area contributed by atoms with Crippen molar-refractivity contribution < 1.29 is 22.3 Å². The van der Waals surface area contributed by atoms with E-state index in [4.69, 9.17) is 5.41 Å². The van der Waals surface area contributed by atoms with Crippen LogP contribution in [-0.4, -0.2) is 25.1 Å². The Morgan fingerprint density at radius 2 is 1.92 bits per heavy atom. The lowest BCUT2D eigenvalue weighted by Crippen LogP contribution is -2.45. The number of hydrogen-bond donors (Lipinski definition) is 3. The Morgan fingerprint density at radius 1 is 1.17 bits per heavy atom. The van der Waals surface area contributed by atoms with E-state index in [0.29, 0.717) is 0 Å². The van der Waals surface area contributed by atoms with Crippen LogP contribution in [0.5, 0.6) is 5.75 Å². The molecular weight excluding hydrogens is 338 g/mol. The minimum Gasteiger partial charge on any atom is -0.508 e. The molecule has 5 nitrogen and oxygen atoms in total. The summed E-state index contributed by atoms with van der Waals surface area (Å²) >= 11 is 0. The predicted octanol–water partition coefficient (Wildman–Crippen LogP) is 2.45. The molecule has 8 heteroatoms. The molecule has 0 aliphatic carbocycles. The average molecular weight is 352 g/mol. The maximum Gasteiger partial charge on any atom is 0.166 e. The van der Waals surface area contributed by atoms with Gasteiger partial charge >= 0.3 is 0 Å². The maximum absolute atomic E-state index is 13.9. The normalized spacial score (nSPS) is 22.8. The van der Waals surface area contributed by atoms with E-state index in [0.717, 1.165) is 18.2 Å². The fourth-order valence-corrected chi connectivity index (χ4v) is 4.73. The van der Waals surface area contributed by atoms with E-state index < -0.39 is 38.5 Å². The molecule has 1 aliphatic heterocycles. The summed E-state index contributed by atoms with van der Waals surface area (Å²) in [5, 5.41) is 18.9. The minimum absolute atomic E-state index is 0.117. The van der Waals surface area contributed by atoms with Crippen molar-refractivity contribution in [3.8, 4) is 5.75 Å². The van der Waals surface area contributed by atoms with Crippen LogP contribution in [-0.2, 0) is 9.84 Å². The summed E-state index contributed by atoms with van der Waals surface area (Å²) in [4.78, 5) is 0. The Hall–Kier alpha value is -2.48. The minimum atomic E-state index is -3.86. The molecule has 24 heavy (non-hydrogen) atoms. The maximum atomic E-state index is 13.9. The smallest absolute Gasteiger partial charge is 0.166 e. The molecule has 0 bridgehead atoms. The van der Waals surface area contributed by atoms with Crippen molar-refractivity contribution in [2.45, 2.75) is 11.3 Å². The number of phenolic OH excluding ortho intramolecular Hbond substituents is 1.